The molecule has 0 saturated carbocycles. The SMILES string of the molecule is Nc1nc2c(ncn2[C@H]2C[C@@H](OP(=O)(OC[C@H]3O[C@@H](n4cnc5c(N)ncnc54)C[C@H]3O)N3CCCC3)[C@@H](CO)O2)c(=O)[nH]1. The van der Waals surface area contributed by atoms with Crippen molar-refractivity contribution in [2.45, 2.75) is 62.6 Å². The molecule has 3 saturated heterocycles. The van der Waals surface area contributed by atoms with Crippen molar-refractivity contribution in [1.82, 2.24) is 43.7 Å². The molecule has 20 heteroatoms. The number of hydrogen-bond donors (Lipinski definition) is 5. The van der Waals surface area contributed by atoms with Crippen LogP contribution >= 0.6 is 7.75 Å². The highest BCUT2D eigenvalue weighted by Crippen LogP contribution is 2.57. The van der Waals surface area contributed by atoms with Crippen LogP contribution in [0.2, 0.25) is 0 Å². The Morgan fingerprint density at radius 2 is 1.70 bits per heavy atom. The number of anilines is 2. The minimum absolute atomic E-state index is 0.0758. The summed E-state index contributed by atoms with van der Waals surface area (Å²) in [5.74, 6) is 0.142. The third-order valence-electron chi connectivity index (χ3n) is 8.12. The number of aromatic amines is 1. The van der Waals surface area contributed by atoms with Crippen LogP contribution in [0.3, 0.4) is 0 Å². The summed E-state index contributed by atoms with van der Waals surface area (Å²) in [5.41, 5.74) is 12.3. The highest BCUT2D eigenvalue weighted by molar-refractivity contribution is 7.51. The molecule has 0 aliphatic carbocycles. The van der Waals surface area contributed by atoms with E-state index in [2.05, 4.69) is 29.9 Å². The van der Waals surface area contributed by atoms with Crippen LogP contribution in [0.4, 0.5) is 11.8 Å². The van der Waals surface area contributed by atoms with E-state index in [9.17, 15) is 19.6 Å². The average Bonchev–Trinajstić information content (AvgIpc) is 3.82. The highest BCUT2D eigenvalue weighted by Gasteiger charge is 2.47. The van der Waals surface area contributed by atoms with Gasteiger partial charge in [0.05, 0.1) is 32.0 Å². The van der Waals surface area contributed by atoms with Gasteiger partial charge in [-0.05, 0) is 12.8 Å². The first-order valence-electron chi connectivity index (χ1n) is 14.2. The lowest BCUT2D eigenvalue weighted by Crippen LogP contribution is -2.32. The van der Waals surface area contributed by atoms with E-state index >= 15 is 0 Å². The largest absolute Gasteiger partial charge is 0.408 e. The number of aromatic nitrogens is 8. The maximum Gasteiger partial charge on any atom is 0.408 e. The zero-order valence-corrected chi connectivity index (χ0v) is 24.3. The molecule has 0 amide bonds. The molecule has 0 spiro atoms. The Morgan fingerprint density at radius 1 is 1.00 bits per heavy atom. The number of nitrogens with one attached hydrogen (secondary N) is 1. The number of nitrogens with zero attached hydrogens (tertiary/aromatic N) is 8. The van der Waals surface area contributed by atoms with Crippen molar-refractivity contribution < 1.29 is 33.3 Å². The van der Waals surface area contributed by atoms with Gasteiger partial charge in [0.25, 0.3) is 5.56 Å². The fourth-order valence-corrected chi connectivity index (χ4v) is 7.91. The van der Waals surface area contributed by atoms with E-state index in [1.54, 1.807) is 9.24 Å². The average molecular weight is 634 g/mol. The molecule has 44 heavy (non-hydrogen) atoms. The second-order valence-corrected chi connectivity index (χ2v) is 12.9. The van der Waals surface area contributed by atoms with Crippen LogP contribution in [-0.2, 0) is 23.1 Å². The fourth-order valence-electron chi connectivity index (χ4n) is 5.88. The van der Waals surface area contributed by atoms with Crippen LogP contribution in [0.25, 0.3) is 22.3 Å². The van der Waals surface area contributed by atoms with E-state index in [1.807, 2.05) is 0 Å². The van der Waals surface area contributed by atoms with Crippen LogP contribution in [0.5, 0.6) is 0 Å². The minimum atomic E-state index is -3.96. The van der Waals surface area contributed by atoms with Gasteiger partial charge in [-0.3, -0.25) is 28.0 Å². The summed E-state index contributed by atoms with van der Waals surface area (Å²) in [5, 5.41) is 21.0. The molecule has 3 fully saturated rings. The Morgan fingerprint density at radius 3 is 2.48 bits per heavy atom. The second kappa shape index (κ2) is 11.4. The smallest absolute Gasteiger partial charge is 0.394 e. The van der Waals surface area contributed by atoms with Gasteiger partial charge in [-0.15, -0.1) is 0 Å². The summed E-state index contributed by atoms with van der Waals surface area (Å²) in [6.45, 7) is 0.307. The van der Waals surface area contributed by atoms with Crippen molar-refractivity contribution in [2.24, 2.45) is 0 Å². The van der Waals surface area contributed by atoms with Gasteiger partial charge in [-0.25, -0.2) is 29.2 Å². The van der Waals surface area contributed by atoms with Gasteiger partial charge in [-0.2, -0.15) is 4.98 Å². The quantitative estimate of drug-likeness (QED) is 0.148. The maximum absolute atomic E-state index is 14.4. The number of fused-ring (bicyclic) bond motifs is 2. The second-order valence-electron chi connectivity index (χ2n) is 10.9. The Kier molecular flexibility index (Phi) is 7.58. The predicted molar refractivity (Wildman–Crippen MR) is 152 cm³/mol. The molecule has 3 aliphatic rings. The van der Waals surface area contributed by atoms with Crippen molar-refractivity contribution >= 4 is 41.8 Å². The summed E-state index contributed by atoms with van der Waals surface area (Å²) in [7, 11) is -3.96. The van der Waals surface area contributed by atoms with Crippen molar-refractivity contribution in [2.75, 3.05) is 37.8 Å². The Hall–Kier alpha value is -3.55. The number of hydrogen-bond acceptors (Lipinski definition) is 15. The lowest BCUT2D eigenvalue weighted by atomic mass is 10.2. The van der Waals surface area contributed by atoms with Crippen molar-refractivity contribution in [3.8, 4) is 0 Å². The molecular weight excluding hydrogens is 601 g/mol. The number of nitrogens with two attached hydrogens (primary N) is 2. The molecule has 1 unspecified atom stereocenters. The molecule has 4 aromatic rings. The molecule has 3 aliphatic heterocycles. The van der Waals surface area contributed by atoms with E-state index in [0.29, 0.717) is 24.3 Å². The first-order valence-corrected chi connectivity index (χ1v) is 15.7. The third kappa shape index (κ3) is 5.14. The lowest BCUT2D eigenvalue weighted by molar-refractivity contribution is -0.0534. The van der Waals surface area contributed by atoms with Crippen LogP contribution < -0.4 is 17.0 Å². The summed E-state index contributed by atoms with van der Waals surface area (Å²) in [6.07, 6.45) is 1.35. The predicted octanol–water partition coefficient (Wildman–Crippen LogP) is -0.342. The van der Waals surface area contributed by atoms with Crippen LogP contribution in [-0.4, -0.2) is 105 Å². The molecule has 0 bridgehead atoms. The topological polar surface area (TPSA) is 257 Å². The zero-order chi connectivity index (χ0) is 30.6. The molecule has 7 heterocycles. The van der Waals surface area contributed by atoms with E-state index in [-0.39, 0.29) is 42.4 Å². The number of nitrogen functional groups attached to an aromatic ring is 2. The maximum atomic E-state index is 14.4. The Bertz CT molecular complexity index is 1770. The monoisotopic (exact) mass is 633 g/mol. The first-order chi connectivity index (χ1) is 21.2. The molecular formula is C24H32N11O8P. The van der Waals surface area contributed by atoms with Gasteiger partial charge >= 0.3 is 7.75 Å². The summed E-state index contributed by atoms with van der Waals surface area (Å²) in [4.78, 5) is 35.4. The van der Waals surface area contributed by atoms with Crippen LogP contribution in [0, 0.1) is 0 Å². The molecule has 7 rings (SSSR count). The van der Waals surface area contributed by atoms with E-state index in [0.717, 1.165) is 12.8 Å². The standard InChI is InChI=1S/C24H32N11O8P/c25-20-18-21(28-9-27-20)34(10-29-18)16-5-12(37)15(42-16)8-40-44(39,33-3-1-2-4-33)43-13-6-17(41-14(13)7-36)35-11-30-19-22(35)31-24(26)32-23(19)38/h9-17,36-37H,1-8H2,(H2,25,27,28)(H3,26,31,32,38)/t12-,13-,14-,15-,16-,17-,44?/m1/s1. The molecule has 4 aromatic heterocycles. The summed E-state index contributed by atoms with van der Waals surface area (Å²) < 4.78 is 43.5. The number of aliphatic hydroxyl groups excluding tert-OH is 2. The van der Waals surface area contributed by atoms with Gasteiger partial charge in [-0.1, -0.05) is 0 Å². The van der Waals surface area contributed by atoms with Gasteiger partial charge < -0.3 is 31.2 Å². The molecule has 236 valence electrons. The molecule has 7 N–H and O–H groups in total. The number of ether oxygens (including phenoxy) is 2. The van der Waals surface area contributed by atoms with Gasteiger partial charge in [0.1, 0.15) is 42.6 Å². The van der Waals surface area contributed by atoms with Crippen molar-refractivity contribution in [3.63, 3.8) is 0 Å². The number of imidazole rings is 2. The molecule has 7 atom stereocenters. The normalized spacial score (nSPS) is 29.2. The molecule has 0 aromatic carbocycles. The Labute approximate surface area is 248 Å². The van der Waals surface area contributed by atoms with E-state index in [1.165, 1.54) is 23.5 Å². The van der Waals surface area contributed by atoms with E-state index in [4.69, 9.17) is 30.0 Å². The summed E-state index contributed by atoms with van der Waals surface area (Å²) >= 11 is 0. The molecule has 19 nitrogen and oxygen atoms in total. The van der Waals surface area contributed by atoms with Gasteiger partial charge in [0.2, 0.25) is 5.95 Å². The highest BCUT2D eigenvalue weighted by atomic mass is 31.2. The van der Waals surface area contributed by atoms with Crippen LogP contribution in [0.15, 0.2) is 23.8 Å². The Balaban J connectivity index is 1.08. The number of rotatable bonds is 9. The summed E-state index contributed by atoms with van der Waals surface area (Å²) in [6, 6.07) is 0. The first kappa shape index (κ1) is 29.2. The lowest BCUT2D eigenvalue weighted by Gasteiger charge is -2.30. The van der Waals surface area contributed by atoms with Crippen molar-refractivity contribution in [1.29, 1.82) is 0 Å². The number of aliphatic hydroxyl groups is 2. The van der Waals surface area contributed by atoms with Crippen LogP contribution in [0.1, 0.15) is 38.1 Å². The van der Waals surface area contributed by atoms with Crippen molar-refractivity contribution in [3.05, 3.63) is 29.3 Å². The fraction of sp³-hybridized carbons (Fsp3) is 0.583. The van der Waals surface area contributed by atoms with E-state index < -0.39 is 56.8 Å². The zero-order valence-electron chi connectivity index (χ0n) is 23.4. The number of H-pyrrole nitrogens is 1. The minimum Gasteiger partial charge on any atom is -0.394 e. The third-order valence-corrected chi connectivity index (χ3v) is 10.2. The molecule has 0 radical (unpaired) electrons. The van der Waals surface area contributed by atoms with Gasteiger partial charge in [0, 0.05) is 25.9 Å². The van der Waals surface area contributed by atoms with Gasteiger partial charge in [0.15, 0.2) is 22.6 Å².